The van der Waals surface area contributed by atoms with Crippen LogP contribution < -0.4 is 0 Å². The zero-order valence-corrected chi connectivity index (χ0v) is 33.6. The van der Waals surface area contributed by atoms with Crippen molar-refractivity contribution in [2.75, 3.05) is 0 Å². The number of hydrogen-bond acceptors (Lipinski definition) is 0. The molecule has 0 aromatic heterocycles. The van der Waals surface area contributed by atoms with Gasteiger partial charge in [-0.2, -0.15) is 0 Å². The summed E-state index contributed by atoms with van der Waals surface area (Å²) in [7, 11) is 0. The Kier molecular flexibility index (Phi) is 8.35. The molecule has 0 heterocycles. The van der Waals surface area contributed by atoms with E-state index in [4.69, 9.17) is 0 Å². The summed E-state index contributed by atoms with van der Waals surface area (Å²) in [6.45, 7) is 0. The molecule has 0 fully saturated rings. The molecule has 0 heteroatoms. The average molecular weight is 773 g/mol. The van der Waals surface area contributed by atoms with Crippen molar-refractivity contribution in [1.29, 1.82) is 0 Å². The summed E-state index contributed by atoms with van der Waals surface area (Å²) < 4.78 is 0. The van der Waals surface area contributed by atoms with Gasteiger partial charge in [-0.1, -0.05) is 212 Å². The van der Waals surface area contributed by atoms with E-state index in [2.05, 4.69) is 237 Å². The van der Waals surface area contributed by atoms with E-state index >= 15 is 0 Å². The van der Waals surface area contributed by atoms with Crippen LogP contribution in [0.5, 0.6) is 0 Å². The first kappa shape index (κ1) is 35.2. The van der Waals surface area contributed by atoms with E-state index in [1.54, 1.807) is 0 Å². The largest absolute Gasteiger partial charge is 0.0622 e. The second-order valence-corrected chi connectivity index (χ2v) is 16.4. The lowest BCUT2D eigenvalue weighted by Crippen LogP contribution is -2.00. The Labute approximate surface area is 356 Å². The van der Waals surface area contributed by atoms with Gasteiger partial charge in [-0.05, 0) is 140 Å². The Morgan fingerprint density at radius 2 is 0.672 bits per heavy atom. The van der Waals surface area contributed by atoms with Crippen LogP contribution in [-0.4, -0.2) is 0 Å². The molecule has 0 saturated carbocycles. The second kappa shape index (κ2) is 14.5. The van der Waals surface area contributed by atoms with Gasteiger partial charge in [0.15, 0.2) is 0 Å². The van der Waals surface area contributed by atoms with E-state index in [9.17, 15) is 0 Å². The fourth-order valence-corrected chi connectivity index (χ4v) is 10.1. The van der Waals surface area contributed by atoms with Gasteiger partial charge in [-0.3, -0.25) is 0 Å². The molecule has 11 aromatic rings. The standard InChI is InChI=1S/C61H40/c1-3-15-40(16-4-1)48-36-49(41-17-5-2-6-18-41)38-50(37-48)43-27-30-44(31-28-43)59-54-23-11-13-25-56(54)60(57-26-14-12-24-55(57)59)47-33-34-52-51-21-9-10-22-53(51)61(58(52)39-47)46-32-29-42-19-7-8-20-45(42)35-46/h1-39,61H. The van der Waals surface area contributed by atoms with Gasteiger partial charge in [0.25, 0.3) is 0 Å². The zero-order chi connectivity index (χ0) is 40.3. The molecular weight excluding hydrogens is 733 g/mol. The minimum Gasteiger partial charge on any atom is -0.0622 e. The molecule has 0 N–H and O–H groups in total. The van der Waals surface area contributed by atoms with Crippen LogP contribution in [0.4, 0.5) is 0 Å². The first-order valence-corrected chi connectivity index (χ1v) is 21.3. The Morgan fingerprint density at radius 1 is 0.230 bits per heavy atom. The first-order valence-electron chi connectivity index (χ1n) is 21.3. The Hall–Kier alpha value is -7.80. The highest BCUT2D eigenvalue weighted by Crippen LogP contribution is 2.51. The normalized spacial score (nSPS) is 13.1. The zero-order valence-electron chi connectivity index (χ0n) is 33.6. The summed E-state index contributed by atoms with van der Waals surface area (Å²) in [5.74, 6) is 0.156. The summed E-state index contributed by atoms with van der Waals surface area (Å²) >= 11 is 0. The highest BCUT2D eigenvalue weighted by atomic mass is 14.3. The number of benzene rings is 11. The van der Waals surface area contributed by atoms with Crippen molar-refractivity contribution >= 4 is 32.3 Å². The van der Waals surface area contributed by atoms with Crippen LogP contribution in [0, 0.1) is 0 Å². The lowest BCUT2D eigenvalue weighted by Gasteiger charge is -2.20. The minimum absolute atomic E-state index is 0.156. The van der Waals surface area contributed by atoms with E-state index in [1.165, 1.54) is 116 Å². The smallest absolute Gasteiger partial charge is 0.0352 e. The van der Waals surface area contributed by atoms with E-state index in [1.807, 2.05) is 0 Å². The summed E-state index contributed by atoms with van der Waals surface area (Å²) in [4.78, 5) is 0. The van der Waals surface area contributed by atoms with Crippen molar-refractivity contribution in [3.63, 3.8) is 0 Å². The van der Waals surface area contributed by atoms with Gasteiger partial charge in [0.05, 0.1) is 0 Å². The molecule has 0 nitrogen and oxygen atoms in total. The Bertz CT molecular complexity index is 3330. The molecule has 0 bridgehead atoms. The molecule has 1 atom stereocenters. The van der Waals surface area contributed by atoms with Crippen LogP contribution in [0.3, 0.4) is 0 Å². The molecular formula is C61H40. The van der Waals surface area contributed by atoms with Crippen LogP contribution in [0.2, 0.25) is 0 Å². The van der Waals surface area contributed by atoms with Gasteiger partial charge in [0.2, 0.25) is 0 Å². The predicted octanol–water partition coefficient (Wildman–Crippen LogP) is 16.6. The molecule has 0 radical (unpaired) electrons. The van der Waals surface area contributed by atoms with Gasteiger partial charge < -0.3 is 0 Å². The molecule has 12 rings (SSSR count). The lowest BCUT2D eigenvalue weighted by molar-refractivity contribution is 1.02. The summed E-state index contributed by atoms with van der Waals surface area (Å²) in [5.41, 5.74) is 19.0. The SMILES string of the molecule is c1ccc(-c2cc(-c3ccccc3)cc(-c3ccc(-c4c5ccccc5c(-c5ccc6c(c5)C(c5ccc7ccccc7c5)c5ccccc5-6)c5ccccc45)cc3)c2)cc1. The maximum Gasteiger partial charge on any atom is 0.0352 e. The van der Waals surface area contributed by atoms with Gasteiger partial charge in [-0.25, -0.2) is 0 Å². The third kappa shape index (κ3) is 5.99. The second-order valence-electron chi connectivity index (χ2n) is 16.4. The molecule has 1 aliphatic carbocycles. The molecule has 0 amide bonds. The van der Waals surface area contributed by atoms with Gasteiger partial charge in [0.1, 0.15) is 0 Å². The molecule has 0 saturated heterocycles. The van der Waals surface area contributed by atoms with Crippen molar-refractivity contribution in [2.45, 2.75) is 5.92 Å². The Morgan fingerprint density at radius 3 is 1.28 bits per heavy atom. The average Bonchev–Trinajstić information content (AvgIpc) is 3.67. The van der Waals surface area contributed by atoms with Crippen LogP contribution in [0.25, 0.3) is 99.1 Å². The predicted molar refractivity (Wildman–Crippen MR) is 259 cm³/mol. The molecule has 284 valence electrons. The molecule has 61 heavy (non-hydrogen) atoms. The van der Waals surface area contributed by atoms with Gasteiger partial charge in [0, 0.05) is 5.92 Å². The Balaban J connectivity index is 0.999. The van der Waals surface area contributed by atoms with Crippen LogP contribution in [-0.2, 0) is 0 Å². The molecule has 1 aliphatic rings. The maximum atomic E-state index is 2.49. The van der Waals surface area contributed by atoms with Crippen LogP contribution in [0.1, 0.15) is 22.6 Å². The monoisotopic (exact) mass is 772 g/mol. The van der Waals surface area contributed by atoms with Crippen LogP contribution in [0.15, 0.2) is 237 Å². The fourth-order valence-electron chi connectivity index (χ4n) is 10.1. The highest BCUT2D eigenvalue weighted by Gasteiger charge is 2.31. The van der Waals surface area contributed by atoms with Crippen molar-refractivity contribution < 1.29 is 0 Å². The van der Waals surface area contributed by atoms with E-state index in [-0.39, 0.29) is 5.92 Å². The van der Waals surface area contributed by atoms with E-state index < -0.39 is 0 Å². The molecule has 0 spiro atoms. The lowest BCUT2D eigenvalue weighted by atomic mass is 9.83. The van der Waals surface area contributed by atoms with Crippen molar-refractivity contribution in [1.82, 2.24) is 0 Å². The van der Waals surface area contributed by atoms with Crippen molar-refractivity contribution in [3.05, 3.63) is 253 Å². The molecule has 0 aliphatic heterocycles. The third-order valence-corrected chi connectivity index (χ3v) is 12.9. The number of fused-ring (bicyclic) bond motifs is 6. The van der Waals surface area contributed by atoms with Crippen molar-refractivity contribution in [3.8, 4) is 66.8 Å². The summed E-state index contributed by atoms with van der Waals surface area (Å²) in [5, 5.41) is 7.60. The molecule has 11 aromatic carbocycles. The van der Waals surface area contributed by atoms with Crippen LogP contribution >= 0.6 is 0 Å². The first-order chi connectivity index (χ1) is 30.2. The quantitative estimate of drug-likeness (QED) is 0.148. The number of hydrogen-bond donors (Lipinski definition) is 0. The summed E-state index contributed by atoms with van der Waals surface area (Å²) in [6.07, 6.45) is 0. The summed E-state index contributed by atoms with van der Waals surface area (Å²) in [6, 6.07) is 87.6. The van der Waals surface area contributed by atoms with Gasteiger partial charge in [-0.15, -0.1) is 0 Å². The third-order valence-electron chi connectivity index (χ3n) is 12.9. The van der Waals surface area contributed by atoms with Gasteiger partial charge >= 0.3 is 0 Å². The van der Waals surface area contributed by atoms with E-state index in [0.717, 1.165) is 0 Å². The van der Waals surface area contributed by atoms with Crippen molar-refractivity contribution in [2.24, 2.45) is 0 Å². The number of rotatable bonds is 6. The van der Waals surface area contributed by atoms with E-state index in [0.29, 0.717) is 0 Å². The fraction of sp³-hybridized carbons (Fsp3) is 0.0164. The molecule has 1 unspecified atom stereocenters. The topological polar surface area (TPSA) is 0 Å². The minimum atomic E-state index is 0.156. The maximum absolute atomic E-state index is 2.49. The highest BCUT2D eigenvalue weighted by molar-refractivity contribution is 6.21.